The van der Waals surface area contributed by atoms with Gasteiger partial charge in [-0.2, -0.15) is 18.4 Å². The van der Waals surface area contributed by atoms with Crippen LogP contribution in [0.2, 0.25) is 0 Å². The average Bonchev–Trinajstić information content (AvgIpc) is 2.73. The quantitative estimate of drug-likeness (QED) is 0.364. The molecule has 2 heterocycles. The van der Waals surface area contributed by atoms with Crippen LogP contribution in [-0.2, 0) is 11.0 Å². The number of aromatic nitrogens is 2. The van der Waals surface area contributed by atoms with Crippen molar-refractivity contribution in [1.82, 2.24) is 9.97 Å². The first-order chi connectivity index (χ1) is 14.7. The van der Waals surface area contributed by atoms with E-state index < -0.39 is 23.2 Å². The number of nitrogens with one attached hydrogen (secondary N) is 1. The van der Waals surface area contributed by atoms with Crippen LogP contribution in [0.25, 0.3) is 11.3 Å². The number of alkyl halides is 3. The third-order valence-corrected chi connectivity index (χ3v) is 5.89. The number of pyridine rings is 2. The summed E-state index contributed by atoms with van der Waals surface area (Å²) in [4.78, 5) is 20.6. The number of nitrogens with zero attached hydrogens (tertiary/aromatic N) is 3. The van der Waals surface area contributed by atoms with Gasteiger partial charge < -0.3 is 5.32 Å². The van der Waals surface area contributed by atoms with E-state index in [1.54, 1.807) is 42.5 Å². The van der Waals surface area contributed by atoms with E-state index in [0.29, 0.717) is 14.5 Å². The zero-order chi connectivity index (χ0) is 22.6. The molecule has 3 rings (SSSR count). The van der Waals surface area contributed by atoms with E-state index in [4.69, 9.17) is 0 Å². The molecule has 0 saturated carbocycles. The Kier molecular flexibility index (Phi) is 7.35. The largest absolute Gasteiger partial charge is 0.417 e. The highest BCUT2D eigenvalue weighted by Crippen LogP contribution is 2.38. The van der Waals surface area contributed by atoms with Gasteiger partial charge in [0.1, 0.15) is 16.9 Å². The molecule has 1 aromatic carbocycles. The summed E-state index contributed by atoms with van der Waals surface area (Å²) in [5.74, 6) is -0.511. The molecule has 0 saturated heterocycles. The fourth-order valence-electron chi connectivity index (χ4n) is 2.52. The first-order valence-electron chi connectivity index (χ1n) is 8.50. The number of nitriles is 1. The number of halogens is 5. The molecular formula is C20H11Br2F3N4OS. The molecule has 0 bridgehead atoms. The normalized spacial score (nSPS) is 11.1. The Morgan fingerprint density at radius 1 is 1.19 bits per heavy atom. The molecule has 0 radical (unpaired) electrons. The Morgan fingerprint density at radius 3 is 2.52 bits per heavy atom. The predicted octanol–water partition coefficient (Wildman–Crippen LogP) is 6.29. The van der Waals surface area contributed by atoms with Crippen LogP contribution >= 0.6 is 43.6 Å². The summed E-state index contributed by atoms with van der Waals surface area (Å²) >= 11 is 7.26. The van der Waals surface area contributed by atoms with Crippen LogP contribution in [0.5, 0.6) is 0 Å². The van der Waals surface area contributed by atoms with Gasteiger partial charge in [0, 0.05) is 16.2 Å². The lowest BCUT2D eigenvalue weighted by Gasteiger charge is -2.14. The van der Waals surface area contributed by atoms with Crippen molar-refractivity contribution in [3.05, 3.63) is 68.7 Å². The van der Waals surface area contributed by atoms with Gasteiger partial charge in [-0.05, 0) is 44.0 Å². The number of carbonyl (C=O) groups excluding carboxylic acids is 1. The van der Waals surface area contributed by atoms with E-state index in [2.05, 4.69) is 47.1 Å². The lowest BCUT2D eigenvalue weighted by atomic mass is 10.1. The first-order valence-corrected chi connectivity index (χ1v) is 11.1. The lowest BCUT2D eigenvalue weighted by molar-refractivity contribution is -0.138. The number of benzene rings is 1. The molecule has 11 heteroatoms. The van der Waals surface area contributed by atoms with Gasteiger partial charge in [-0.15, -0.1) is 0 Å². The molecule has 2 aromatic heterocycles. The second kappa shape index (κ2) is 9.80. The zero-order valence-corrected chi connectivity index (χ0v) is 19.4. The van der Waals surface area contributed by atoms with Gasteiger partial charge in [-0.3, -0.25) is 4.79 Å². The summed E-state index contributed by atoms with van der Waals surface area (Å²) in [5.41, 5.74) is -1.18. The van der Waals surface area contributed by atoms with Crippen molar-refractivity contribution < 1.29 is 18.0 Å². The van der Waals surface area contributed by atoms with E-state index in [0.717, 1.165) is 17.8 Å². The van der Waals surface area contributed by atoms with Gasteiger partial charge in [0.05, 0.1) is 27.0 Å². The minimum atomic E-state index is -4.75. The van der Waals surface area contributed by atoms with Crippen molar-refractivity contribution in [3.63, 3.8) is 0 Å². The summed E-state index contributed by atoms with van der Waals surface area (Å²) < 4.78 is 42.0. The molecule has 1 N–H and O–H groups in total. The molecule has 0 aliphatic rings. The molecule has 0 aliphatic heterocycles. The maximum atomic E-state index is 13.6. The number of anilines is 1. The number of amides is 1. The minimum absolute atomic E-state index is 0.0622. The smallest absolute Gasteiger partial charge is 0.309 e. The van der Waals surface area contributed by atoms with Gasteiger partial charge in [0.25, 0.3) is 0 Å². The Balaban J connectivity index is 1.90. The highest BCUT2D eigenvalue weighted by molar-refractivity contribution is 9.11. The minimum Gasteiger partial charge on any atom is -0.309 e. The maximum Gasteiger partial charge on any atom is 0.417 e. The second-order valence-electron chi connectivity index (χ2n) is 6.03. The molecule has 0 spiro atoms. The van der Waals surface area contributed by atoms with Crippen molar-refractivity contribution in [2.75, 3.05) is 11.1 Å². The van der Waals surface area contributed by atoms with Crippen molar-refractivity contribution in [2.45, 2.75) is 11.2 Å². The molecule has 31 heavy (non-hydrogen) atoms. The molecule has 0 unspecified atom stereocenters. The van der Waals surface area contributed by atoms with E-state index in [9.17, 15) is 23.2 Å². The first kappa shape index (κ1) is 23.2. The van der Waals surface area contributed by atoms with Crippen molar-refractivity contribution in [1.29, 1.82) is 5.26 Å². The van der Waals surface area contributed by atoms with Crippen LogP contribution in [0.15, 0.2) is 62.6 Å². The molecule has 0 aliphatic carbocycles. The van der Waals surface area contributed by atoms with Gasteiger partial charge >= 0.3 is 6.18 Å². The molecule has 158 valence electrons. The molecule has 1 amide bonds. The molecule has 3 aromatic rings. The Morgan fingerprint density at radius 2 is 1.90 bits per heavy atom. The topological polar surface area (TPSA) is 78.7 Å². The van der Waals surface area contributed by atoms with Gasteiger partial charge in [-0.25, -0.2) is 9.97 Å². The number of rotatable bonds is 5. The van der Waals surface area contributed by atoms with Crippen LogP contribution in [-0.4, -0.2) is 21.6 Å². The van der Waals surface area contributed by atoms with E-state index in [1.165, 1.54) is 6.20 Å². The van der Waals surface area contributed by atoms with Gasteiger partial charge in [0.2, 0.25) is 5.91 Å². The number of hydrogen-bond donors (Lipinski definition) is 1. The maximum absolute atomic E-state index is 13.6. The molecule has 5 nitrogen and oxygen atoms in total. The fourth-order valence-corrected chi connectivity index (χ4v) is 4.41. The van der Waals surface area contributed by atoms with Crippen molar-refractivity contribution in [2.24, 2.45) is 0 Å². The predicted molar refractivity (Wildman–Crippen MR) is 118 cm³/mol. The summed E-state index contributed by atoms with van der Waals surface area (Å²) in [6.07, 6.45) is -3.26. The zero-order valence-electron chi connectivity index (χ0n) is 15.4. The lowest BCUT2D eigenvalue weighted by Crippen LogP contribution is -2.16. The van der Waals surface area contributed by atoms with E-state index >= 15 is 0 Å². The Hall–Kier alpha value is -2.42. The summed E-state index contributed by atoms with van der Waals surface area (Å²) in [6.45, 7) is 0. The SMILES string of the molecule is N#Cc1c(C(F)(F)F)cc(-c2ccccc2)nc1SCC(=O)Nc1ncc(Br)cc1Br. The summed E-state index contributed by atoms with van der Waals surface area (Å²) in [7, 11) is 0. The third kappa shape index (κ3) is 5.84. The summed E-state index contributed by atoms with van der Waals surface area (Å²) in [5, 5.41) is 11.8. The monoisotopic (exact) mass is 570 g/mol. The van der Waals surface area contributed by atoms with Crippen LogP contribution in [0.4, 0.5) is 19.0 Å². The van der Waals surface area contributed by atoms with Crippen LogP contribution in [0.1, 0.15) is 11.1 Å². The third-order valence-electron chi connectivity index (χ3n) is 3.88. The second-order valence-corrected chi connectivity index (χ2v) is 8.77. The molecule has 0 fully saturated rings. The number of thioether (sulfide) groups is 1. The van der Waals surface area contributed by atoms with E-state index in [1.807, 2.05) is 0 Å². The Labute approximate surface area is 196 Å². The van der Waals surface area contributed by atoms with Gasteiger partial charge in [-0.1, -0.05) is 42.1 Å². The van der Waals surface area contributed by atoms with Gasteiger partial charge in [0.15, 0.2) is 0 Å². The number of carbonyl (C=O) groups is 1. The summed E-state index contributed by atoms with van der Waals surface area (Å²) in [6, 6.07) is 12.4. The van der Waals surface area contributed by atoms with Crippen LogP contribution < -0.4 is 5.32 Å². The fraction of sp³-hybridized carbons (Fsp3) is 0.100. The van der Waals surface area contributed by atoms with Crippen molar-refractivity contribution >= 4 is 55.3 Å². The van der Waals surface area contributed by atoms with Crippen LogP contribution in [0.3, 0.4) is 0 Å². The molecule has 0 atom stereocenters. The van der Waals surface area contributed by atoms with Crippen molar-refractivity contribution in [3.8, 4) is 17.3 Å². The standard InChI is InChI=1S/C20H11Br2F3N4OS/c21-12-6-15(22)18(27-9-12)29-17(30)10-31-19-13(8-26)14(20(23,24)25)7-16(28-19)11-4-2-1-3-5-11/h1-7,9H,10H2,(H,27,29,30). The van der Waals surface area contributed by atoms with E-state index in [-0.39, 0.29) is 22.3 Å². The number of hydrogen-bond acceptors (Lipinski definition) is 5. The average molecular weight is 572 g/mol. The molecular weight excluding hydrogens is 561 g/mol. The highest BCUT2D eigenvalue weighted by Gasteiger charge is 2.36. The highest BCUT2D eigenvalue weighted by atomic mass is 79.9. The van der Waals surface area contributed by atoms with Crippen LogP contribution in [0, 0.1) is 11.3 Å². The Bertz CT molecular complexity index is 1170.